The lowest BCUT2D eigenvalue weighted by Crippen LogP contribution is -2.46. The highest BCUT2D eigenvalue weighted by Crippen LogP contribution is 2.42. The summed E-state index contributed by atoms with van der Waals surface area (Å²) in [5.74, 6) is 1.02. The number of fused-ring (bicyclic) bond motifs is 2. The Hall–Kier alpha value is -2.54. The molecular weight excluding hydrogens is 400 g/mol. The molecule has 4 unspecified atom stereocenters. The zero-order chi connectivity index (χ0) is 22.0. The van der Waals surface area contributed by atoms with E-state index in [2.05, 4.69) is 6.92 Å². The molecular formula is C24H30O7. The van der Waals surface area contributed by atoms with Crippen molar-refractivity contribution < 1.29 is 33.3 Å². The van der Waals surface area contributed by atoms with Crippen LogP contribution < -0.4 is 9.47 Å². The van der Waals surface area contributed by atoms with E-state index >= 15 is 0 Å². The smallest absolute Gasteiger partial charge is 0.332 e. The van der Waals surface area contributed by atoms with Gasteiger partial charge in [-0.1, -0.05) is 19.4 Å². The van der Waals surface area contributed by atoms with Gasteiger partial charge in [0.15, 0.2) is 17.3 Å². The van der Waals surface area contributed by atoms with Crippen LogP contribution in [-0.2, 0) is 23.8 Å². The molecule has 4 atom stereocenters. The molecule has 31 heavy (non-hydrogen) atoms. The van der Waals surface area contributed by atoms with Crippen LogP contribution in [0.2, 0.25) is 0 Å². The lowest BCUT2D eigenvalue weighted by molar-refractivity contribution is -0.160. The van der Waals surface area contributed by atoms with Gasteiger partial charge in [0, 0.05) is 6.42 Å². The standard InChI is InChI=1S/C24H30O7/c1-4-15-9-17-21(11-20(15)30-13-23(25)31-14(2)3)29-12-18(24(17)26)16-5-6-19-22(10-16)28-8-7-27-19/h5-6,10,12,14-15,17,20-21H,4,7-9,11,13H2,1-3H3. The molecule has 1 aromatic carbocycles. The van der Waals surface area contributed by atoms with Crippen LogP contribution in [0.3, 0.4) is 0 Å². The van der Waals surface area contributed by atoms with Gasteiger partial charge in [0.25, 0.3) is 0 Å². The van der Waals surface area contributed by atoms with Crippen molar-refractivity contribution >= 4 is 17.3 Å². The number of ketones is 1. The first kappa shape index (κ1) is 21.7. The van der Waals surface area contributed by atoms with Crippen LogP contribution in [0.5, 0.6) is 11.5 Å². The molecule has 1 aliphatic carbocycles. The SMILES string of the molecule is CCC1CC2C(=O)C(c3ccc4c(c3)OCCO4)=COC2CC1OCC(=O)OC(C)C. The summed E-state index contributed by atoms with van der Waals surface area (Å²) in [5.41, 5.74) is 1.34. The van der Waals surface area contributed by atoms with Crippen LogP contribution in [0.25, 0.3) is 5.57 Å². The van der Waals surface area contributed by atoms with E-state index in [1.807, 2.05) is 32.0 Å². The molecule has 1 aromatic rings. The van der Waals surface area contributed by atoms with Gasteiger partial charge >= 0.3 is 5.97 Å². The maximum Gasteiger partial charge on any atom is 0.332 e. The number of ether oxygens (including phenoxy) is 5. The van der Waals surface area contributed by atoms with E-state index in [0.29, 0.717) is 43.1 Å². The number of Topliss-reactive ketones (excluding diaryl/α,β-unsaturated/α-hetero) is 1. The van der Waals surface area contributed by atoms with Crippen molar-refractivity contribution in [2.45, 2.75) is 58.3 Å². The number of hydrogen-bond acceptors (Lipinski definition) is 7. The van der Waals surface area contributed by atoms with E-state index in [9.17, 15) is 9.59 Å². The quantitative estimate of drug-likeness (QED) is 0.639. The second kappa shape index (κ2) is 9.30. The van der Waals surface area contributed by atoms with E-state index in [1.165, 1.54) is 0 Å². The van der Waals surface area contributed by atoms with E-state index in [1.54, 1.807) is 6.26 Å². The molecule has 3 aliphatic rings. The number of allylic oxidation sites excluding steroid dienone is 1. The van der Waals surface area contributed by atoms with Gasteiger partial charge in [-0.25, -0.2) is 4.79 Å². The molecule has 1 saturated carbocycles. The van der Waals surface area contributed by atoms with E-state index in [-0.39, 0.29) is 48.5 Å². The lowest BCUT2D eigenvalue weighted by Gasteiger charge is -2.41. The summed E-state index contributed by atoms with van der Waals surface area (Å²) in [4.78, 5) is 25.2. The van der Waals surface area contributed by atoms with Gasteiger partial charge in [-0.2, -0.15) is 0 Å². The summed E-state index contributed by atoms with van der Waals surface area (Å²) < 4.78 is 28.3. The Morgan fingerprint density at radius 1 is 1.16 bits per heavy atom. The van der Waals surface area contributed by atoms with Crippen molar-refractivity contribution in [3.63, 3.8) is 0 Å². The third-order valence-electron chi connectivity index (χ3n) is 6.12. The lowest BCUT2D eigenvalue weighted by atomic mass is 9.72. The van der Waals surface area contributed by atoms with Crippen LogP contribution in [-0.4, -0.2) is 49.9 Å². The fourth-order valence-electron chi connectivity index (χ4n) is 4.58. The third kappa shape index (κ3) is 4.71. The highest BCUT2D eigenvalue weighted by atomic mass is 16.6. The monoisotopic (exact) mass is 430 g/mol. The molecule has 1 fully saturated rings. The van der Waals surface area contributed by atoms with Gasteiger partial charge in [-0.15, -0.1) is 0 Å². The Bertz CT molecular complexity index is 859. The van der Waals surface area contributed by atoms with Crippen LogP contribution in [0, 0.1) is 11.8 Å². The molecule has 0 radical (unpaired) electrons. The molecule has 0 saturated heterocycles. The Kier molecular flexibility index (Phi) is 6.51. The zero-order valence-corrected chi connectivity index (χ0v) is 18.3. The molecule has 0 amide bonds. The van der Waals surface area contributed by atoms with Crippen molar-refractivity contribution in [1.29, 1.82) is 0 Å². The van der Waals surface area contributed by atoms with E-state index < -0.39 is 0 Å². The number of benzene rings is 1. The second-order valence-electron chi connectivity index (χ2n) is 8.56. The Morgan fingerprint density at radius 3 is 2.68 bits per heavy atom. The van der Waals surface area contributed by atoms with Gasteiger partial charge in [0.2, 0.25) is 0 Å². The maximum atomic E-state index is 13.3. The predicted molar refractivity (Wildman–Crippen MR) is 113 cm³/mol. The fraction of sp³-hybridized carbons (Fsp3) is 0.583. The molecule has 7 heteroatoms. The highest BCUT2D eigenvalue weighted by Gasteiger charge is 2.44. The average molecular weight is 430 g/mol. The molecule has 2 heterocycles. The van der Waals surface area contributed by atoms with Crippen LogP contribution in [0.4, 0.5) is 0 Å². The van der Waals surface area contributed by atoms with Gasteiger partial charge in [-0.3, -0.25) is 4.79 Å². The Balaban J connectivity index is 1.46. The van der Waals surface area contributed by atoms with Crippen molar-refractivity contribution in [2.24, 2.45) is 11.8 Å². The molecule has 7 nitrogen and oxygen atoms in total. The topological polar surface area (TPSA) is 80.3 Å². The third-order valence-corrected chi connectivity index (χ3v) is 6.12. The van der Waals surface area contributed by atoms with Crippen molar-refractivity contribution in [3.8, 4) is 11.5 Å². The number of rotatable bonds is 6. The van der Waals surface area contributed by atoms with Gasteiger partial charge in [0.05, 0.1) is 30.0 Å². The van der Waals surface area contributed by atoms with Crippen LogP contribution >= 0.6 is 0 Å². The largest absolute Gasteiger partial charge is 0.496 e. The minimum absolute atomic E-state index is 0.0804. The van der Waals surface area contributed by atoms with E-state index in [0.717, 1.165) is 12.0 Å². The summed E-state index contributed by atoms with van der Waals surface area (Å²) in [6.07, 6.45) is 3.12. The molecule has 168 valence electrons. The minimum atomic E-state index is -0.367. The Morgan fingerprint density at radius 2 is 1.94 bits per heavy atom. The summed E-state index contributed by atoms with van der Waals surface area (Å²) in [7, 11) is 0. The summed E-state index contributed by atoms with van der Waals surface area (Å²) >= 11 is 0. The molecule has 2 aliphatic heterocycles. The molecule has 0 aromatic heterocycles. The first-order chi connectivity index (χ1) is 15.0. The number of esters is 1. The molecule has 0 N–H and O–H groups in total. The van der Waals surface area contributed by atoms with Crippen molar-refractivity contribution in [2.75, 3.05) is 19.8 Å². The van der Waals surface area contributed by atoms with Crippen LogP contribution in [0.1, 0.15) is 45.6 Å². The number of hydrogen-bond donors (Lipinski definition) is 0. The predicted octanol–water partition coefficient (Wildman–Crippen LogP) is 3.54. The van der Waals surface area contributed by atoms with Gasteiger partial charge < -0.3 is 23.7 Å². The van der Waals surface area contributed by atoms with Gasteiger partial charge in [0.1, 0.15) is 25.9 Å². The second-order valence-corrected chi connectivity index (χ2v) is 8.56. The number of carbonyl (C=O) groups excluding carboxylic acids is 2. The summed E-state index contributed by atoms with van der Waals surface area (Å²) in [5, 5.41) is 0. The average Bonchev–Trinajstić information content (AvgIpc) is 2.76. The normalized spacial score (nSPS) is 27.2. The molecule has 0 bridgehead atoms. The summed E-state index contributed by atoms with van der Waals surface area (Å²) in [6.45, 7) is 6.64. The van der Waals surface area contributed by atoms with Gasteiger partial charge in [-0.05, 0) is 43.9 Å². The van der Waals surface area contributed by atoms with Crippen molar-refractivity contribution in [3.05, 3.63) is 30.0 Å². The van der Waals surface area contributed by atoms with Crippen molar-refractivity contribution in [1.82, 2.24) is 0 Å². The first-order valence-electron chi connectivity index (χ1n) is 11.1. The zero-order valence-electron chi connectivity index (χ0n) is 18.3. The first-order valence-corrected chi connectivity index (χ1v) is 11.1. The summed E-state index contributed by atoms with van der Waals surface area (Å²) in [6, 6.07) is 5.54. The Labute approximate surface area is 182 Å². The highest BCUT2D eigenvalue weighted by molar-refractivity contribution is 6.22. The molecule has 4 rings (SSSR count). The minimum Gasteiger partial charge on any atom is -0.496 e. The molecule has 0 spiro atoms. The fourth-order valence-corrected chi connectivity index (χ4v) is 4.58. The van der Waals surface area contributed by atoms with E-state index in [4.69, 9.17) is 23.7 Å². The van der Waals surface area contributed by atoms with Crippen LogP contribution in [0.15, 0.2) is 24.5 Å². The number of carbonyl (C=O) groups is 2. The maximum absolute atomic E-state index is 13.3.